The average Bonchev–Trinajstić information content (AvgIpc) is 2.81. The van der Waals surface area contributed by atoms with E-state index in [0.29, 0.717) is 23.9 Å². The highest BCUT2D eigenvalue weighted by molar-refractivity contribution is 5.85. The third-order valence-corrected chi connectivity index (χ3v) is 2.40. The molecule has 0 unspecified atom stereocenters. The molecule has 0 aliphatic carbocycles. The Morgan fingerprint density at radius 1 is 1.16 bits per heavy atom. The van der Waals surface area contributed by atoms with Crippen molar-refractivity contribution in [1.82, 2.24) is 9.94 Å². The smallest absolute Gasteiger partial charge is 0.163 e. The third kappa shape index (κ3) is 3.69. The van der Waals surface area contributed by atoms with Gasteiger partial charge in [0.05, 0.1) is 20.4 Å². The predicted octanol–water partition coefficient (Wildman–Crippen LogP) is 1.53. The minimum atomic E-state index is 0. The maximum absolute atomic E-state index is 5.64. The van der Waals surface area contributed by atoms with E-state index < -0.39 is 0 Å². The number of nitrogens with zero attached hydrogens (tertiary/aromatic N) is 2. The van der Waals surface area contributed by atoms with Gasteiger partial charge in [-0.1, -0.05) is 4.85 Å². The van der Waals surface area contributed by atoms with Crippen molar-refractivity contribution >= 4 is 18.2 Å². The van der Waals surface area contributed by atoms with E-state index in [1.165, 1.54) is 4.85 Å². The molecule has 0 radical (unpaired) electrons. The first-order valence-electron chi connectivity index (χ1n) is 5.37. The highest BCUT2D eigenvalue weighted by Gasteiger charge is 2.04. The number of nitrogens with two attached hydrogens (primary N) is 1. The molecule has 19 heavy (non-hydrogen) atoms. The van der Waals surface area contributed by atoms with Crippen LogP contribution in [0.25, 0.3) is 0 Å². The summed E-state index contributed by atoms with van der Waals surface area (Å²) in [6.07, 6.45) is 1.57. The molecule has 0 aliphatic rings. The van der Waals surface area contributed by atoms with Gasteiger partial charge in [0.15, 0.2) is 5.82 Å². The Morgan fingerprint density at radius 3 is 2.26 bits per heavy atom. The van der Waals surface area contributed by atoms with Crippen LogP contribution in [-0.2, 0) is 6.61 Å². The molecule has 1 heterocycles. The molecular formula is C12H16ClN3O3. The lowest BCUT2D eigenvalue weighted by molar-refractivity contribution is 0.0746. The molecule has 0 bridgehead atoms. The molecular weight excluding hydrogens is 270 g/mol. The van der Waals surface area contributed by atoms with Crippen LogP contribution in [0.2, 0.25) is 0 Å². The summed E-state index contributed by atoms with van der Waals surface area (Å²) in [5.74, 6) is 1.87. The number of anilines is 1. The van der Waals surface area contributed by atoms with Crippen LogP contribution in [-0.4, -0.2) is 24.2 Å². The second-order valence-electron chi connectivity index (χ2n) is 3.62. The van der Waals surface area contributed by atoms with Gasteiger partial charge in [-0.25, -0.2) is 0 Å². The second kappa shape index (κ2) is 6.75. The predicted molar refractivity (Wildman–Crippen MR) is 73.7 cm³/mol. The molecule has 1 aromatic carbocycles. The van der Waals surface area contributed by atoms with Crippen molar-refractivity contribution in [3.8, 4) is 11.5 Å². The Bertz CT molecular complexity index is 508. The Labute approximate surface area is 117 Å². The van der Waals surface area contributed by atoms with Crippen molar-refractivity contribution in [1.29, 1.82) is 0 Å². The van der Waals surface area contributed by atoms with Crippen molar-refractivity contribution in [2.24, 2.45) is 0 Å². The zero-order valence-electron chi connectivity index (χ0n) is 10.7. The third-order valence-electron chi connectivity index (χ3n) is 2.40. The first kappa shape index (κ1) is 15.0. The number of halogens is 1. The lowest BCUT2D eigenvalue weighted by Gasteiger charge is -2.10. The molecule has 2 rings (SSSR count). The van der Waals surface area contributed by atoms with E-state index in [2.05, 4.69) is 5.10 Å². The summed E-state index contributed by atoms with van der Waals surface area (Å²) in [7, 11) is 3.20. The number of rotatable bonds is 5. The van der Waals surface area contributed by atoms with Gasteiger partial charge in [0.2, 0.25) is 0 Å². The number of ether oxygens (including phenoxy) is 2. The van der Waals surface area contributed by atoms with Gasteiger partial charge < -0.3 is 20.0 Å². The SMILES string of the molecule is COc1cc(COn2nccc2N)cc(OC)c1.Cl. The summed E-state index contributed by atoms with van der Waals surface area (Å²) in [5.41, 5.74) is 6.55. The zero-order chi connectivity index (χ0) is 13.0. The molecule has 0 fully saturated rings. The van der Waals surface area contributed by atoms with E-state index >= 15 is 0 Å². The van der Waals surface area contributed by atoms with E-state index in [9.17, 15) is 0 Å². The monoisotopic (exact) mass is 285 g/mol. The van der Waals surface area contributed by atoms with Crippen LogP contribution in [0.4, 0.5) is 5.82 Å². The molecule has 0 amide bonds. The molecule has 0 saturated heterocycles. The number of hydrogen-bond donors (Lipinski definition) is 1. The van der Waals surface area contributed by atoms with Gasteiger partial charge in [-0.2, -0.15) is 0 Å². The quantitative estimate of drug-likeness (QED) is 0.902. The van der Waals surface area contributed by atoms with Crippen LogP contribution in [0.5, 0.6) is 11.5 Å². The lowest BCUT2D eigenvalue weighted by atomic mass is 10.2. The first-order chi connectivity index (χ1) is 8.72. The van der Waals surface area contributed by atoms with Gasteiger partial charge in [0.25, 0.3) is 0 Å². The highest BCUT2D eigenvalue weighted by Crippen LogP contribution is 2.22. The number of hydrogen-bond acceptors (Lipinski definition) is 5. The van der Waals surface area contributed by atoms with E-state index in [0.717, 1.165) is 5.56 Å². The summed E-state index contributed by atoms with van der Waals surface area (Å²) in [6, 6.07) is 7.18. The van der Waals surface area contributed by atoms with Gasteiger partial charge in [-0.15, -0.1) is 17.5 Å². The van der Waals surface area contributed by atoms with Crippen molar-refractivity contribution in [3.63, 3.8) is 0 Å². The Hall–Kier alpha value is -2.08. The summed E-state index contributed by atoms with van der Waals surface area (Å²) >= 11 is 0. The molecule has 2 aromatic rings. The van der Waals surface area contributed by atoms with E-state index in [4.69, 9.17) is 20.0 Å². The number of nitrogen functional groups attached to an aromatic ring is 1. The normalized spacial score (nSPS) is 9.58. The topological polar surface area (TPSA) is 71.5 Å². The molecule has 1 aromatic heterocycles. The first-order valence-corrected chi connectivity index (χ1v) is 5.37. The number of methoxy groups -OCH3 is 2. The van der Waals surface area contributed by atoms with Crippen LogP contribution in [0.3, 0.4) is 0 Å². The molecule has 2 N–H and O–H groups in total. The van der Waals surface area contributed by atoms with Gasteiger partial charge in [-0.3, -0.25) is 0 Å². The Balaban J connectivity index is 0.00000180. The van der Waals surface area contributed by atoms with E-state index in [1.54, 1.807) is 32.5 Å². The fourth-order valence-corrected chi connectivity index (χ4v) is 1.49. The van der Waals surface area contributed by atoms with Gasteiger partial charge in [0, 0.05) is 12.1 Å². The van der Waals surface area contributed by atoms with Crippen molar-refractivity contribution in [2.75, 3.05) is 20.0 Å². The summed E-state index contributed by atoms with van der Waals surface area (Å²) in [5, 5.41) is 3.92. The second-order valence-corrected chi connectivity index (χ2v) is 3.62. The Morgan fingerprint density at radius 2 is 1.79 bits per heavy atom. The van der Waals surface area contributed by atoms with Crippen molar-refractivity contribution < 1.29 is 14.3 Å². The molecule has 0 spiro atoms. The van der Waals surface area contributed by atoms with Crippen molar-refractivity contribution in [3.05, 3.63) is 36.0 Å². The minimum Gasteiger partial charge on any atom is -0.497 e. The fourth-order valence-electron chi connectivity index (χ4n) is 1.49. The molecule has 104 valence electrons. The van der Waals surface area contributed by atoms with Gasteiger partial charge in [0.1, 0.15) is 18.1 Å². The Kier molecular flexibility index (Phi) is 5.32. The van der Waals surface area contributed by atoms with Crippen LogP contribution >= 0.6 is 12.4 Å². The van der Waals surface area contributed by atoms with Crippen LogP contribution in [0.15, 0.2) is 30.5 Å². The maximum atomic E-state index is 5.64. The van der Waals surface area contributed by atoms with E-state index in [-0.39, 0.29) is 12.4 Å². The number of aromatic nitrogens is 2. The van der Waals surface area contributed by atoms with E-state index in [1.807, 2.05) is 12.1 Å². The summed E-state index contributed by atoms with van der Waals surface area (Å²) in [4.78, 5) is 6.70. The fraction of sp³-hybridized carbons (Fsp3) is 0.250. The average molecular weight is 286 g/mol. The standard InChI is InChI=1S/C12H15N3O3.ClH/c1-16-10-5-9(6-11(7-10)17-2)8-18-15-12(13)3-4-14-15;/h3-7H,8,13H2,1-2H3;1H. The van der Waals surface area contributed by atoms with Crippen LogP contribution in [0.1, 0.15) is 5.56 Å². The summed E-state index contributed by atoms with van der Waals surface area (Å²) < 4.78 is 10.4. The molecule has 7 heteroatoms. The minimum absolute atomic E-state index is 0. The zero-order valence-corrected chi connectivity index (χ0v) is 11.5. The lowest BCUT2D eigenvalue weighted by Crippen LogP contribution is -2.15. The summed E-state index contributed by atoms with van der Waals surface area (Å²) in [6.45, 7) is 0.319. The van der Waals surface area contributed by atoms with Crippen molar-refractivity contribution in [2.45, 2.75) is 6.61 Å². The molecule has 0 atom stereocenters. The van der Waals surface area contributed by atoms with Crippen LogP contribution in [0, 0.1) is 0 Å². The highest BCUT2D eigenvalue weighted by atomic mass is 35.5. The largest absolute Gasteiger partial charge is 0.497 e. The van der Waals surface area contributed by atoms with Crippen LogP contribution < -0.4 is 20.0 Å². The maximum Gasteiger partial charge on any atom is 0.163 e. The molecule has 0 saturated carbocycles. The van der Waals surface area contributed by atoms with Gasteiger partial charge >= 0.3 is 0 Å². The molecule has 0 aliphatic heterocycles. The number of benzene rings is 1. The van der Waals surface area contributed by atoms with Gasteiger partial charge in [-0.05, 0) is 17.7 Å². The molecule has 6 nitrogen and oxygen atoms in total.